The van der Waals surface area contributed by atoms with Crippen molar-refractivity contribution in [2.45, 2.75) is 25.9 Å². The van der Waals surface area contributed by atoms with Crippen molar-refractivity contribution in [3.8, 4) is 11.3 Å². The van der Waals surface area contributed by atoms with Crippen molar-refractivity contribution >= 4 is 5.97 Å². The van der Waals surface area contributed by atoms with Gasteiger partial charge in [-0.05, 0) is 31.5 Å². The summed E-state index contributed by atoms with van der Waals surface area (Å²) < 4.78 is 15.2. The summed E-state index contributed by atoms with van der Waals surface area (Å²) in [5.41, 5.74) is 1.11. The quantitative estimate of drug-likeness (QED) is 0.933. The molecule has 1 N–H and O–H groups in total. The largest absolute Gasteiger partial charge is 0.476 e. The van der Waals surface area contributed by atoms with E-state index in [9.17, 15) is 9.18 Å². The van der Waals surface area contributed by atoms with E-state index in [4.69, 9.17) is 5.11 Å². The molecule has 0 saturated carbocycles. The molecule has 0 aliphatic heterocycles. The molecule has 2 aromatic rings. The second-order valence-corrected chi connectivity index (χ2v) is 5.44. The van der Waals surface area contributed by atoms with Crippen LogP contribution in [0.15, 0.2) is 30.3 Å². The number of rotatable bonds is 4. The number of aryl methyl sites for hydroxylation is 1. The summed E-state index contributed by atoms with van der Waals surface area (Å²) in [6.07, 6.45) is 0.310. The number of hydrogen-bond donors (Lipinski definition) is 1. The highest BCUT2D eigenvalue weighted by molar-refractivity contribution is 5.87. The number of aromatic nitrogens is 2. The minimum Gasteiger partial charge on any atom is -0.476 e. The molecule has 0 atom stereocenters. The van der Waals surface area contributed by atoms with Crippen molar-refractivity contribution in [3.05, 3.63) is 41.6 Å². The zero-order valence-electron chi connectivity index (χ0n) is 11.7. The van der Waals surface area contributed by atoms with E-state index in [0.29, 0.717) is 12.1 Å². The smallest absolute Gasteiger partial charge is 0.356 e. The van der Waals surface area contributed by atoms with Crippen LogP contribution < -0.4 is 0 Å². The topological polar surface area (TPSA) is 55.1 Å². The predicted molar refractivity (Wildman–Crippen MR) is 74.5 cm³/mol. The molecule has 0 spiro atoms. The van der Waals surface area contributed by atoms with E-state index in [2.05, 4.69) is 5.10 Å². The van der Waals surface area contributed by atoms with Crippen molar-refractivity contribution in [3.63, 3.8) is 0 Å². The van der Waals surface area contributed by atoms with Gasteiger partial charge in [0.2, 0.25) is 0 Å². The Hall–Kier alpha value is -2.17. The predicted octanol–water partition coefficient (Wildman–Crippen LogP) is 3.08. The second-order valence-electron chi connectivity index (χ2n) is 5.44. The normalized spacial score (nSPS) is 11.6. The minimum absolute atomic E-state index is 0.00118. The highest BCUT2D eigenvalue weighted by Gasteiger charge is 2.17. The van der Waals surface area contributed by atoms with E-state index >= 15 is 0 Å². The van der Waals surface area contributed by atoms with Gasteiger partial charge in [0.25, 0.3) is 0 Å². The van der Waals surface area contributed by atoms with Gasteiger partial charge in [0.1, 0.15) is 5.67 Å². The Kier molecular flexibility index (Phi) is 3.61. The van der Waals surface area contributed by atoms with Crippen LogP contribution in [0, 0.1) is 0 Å². The van der Waals surface area contributed by atoms with Crippen LogP contribution in [0.1, 0.15) is 29.9 Å². The van der Waals surface area contributed by atoms with Crippen LogP contribution in [-0.4, -0.2) is 26.5 Å². The number of aromatic carboxylic acids is 1. The summed E-state index contributed by atoms with van der Waals surface area (Å²) in [5, 5.41) is 12.9. The number of carboxylic acid groups (broad SMARTS) is 1. The zero-order chi connectivity index (χ0) is 14.9. The van der Waals surface area contributed by atoms with Gasteiger partial charge in [-0.15, -0.1) is 0 Å². The lowest BCUT2D eigenvalue weighted by molar-refractivity contribution is 0.0689. The minimum atomic E-state index is -1.28. The summed E-state index contributed by atoms with van der Waals surface area (Å²) >= 11 is 0. The first-order valence-corrected chi connectivity index (χ1v) is 6.32. The van der Waals surface area contributed by atoms with Gasteiger partial charge in [0, 0.05) is 19.0 Å². The van der Waals surface area contributed by atoms with Crippen molar-refractivity contribution in [2.75, 3.05) is 0 Å². The Bertz CT molecular complexity index is 642. The Labute approximate surface area is 116 Å². The molecular weight excluding hydrogens is 259 g/mol. The number of carboxylic acids is 1. The number of nitrogens with zero attached hydrogens (tertiary/aromatic N) is 2. The Balaban J connectivity index is 2.38. The molecule has 0 amide bonds. The van der Waals surface area contributed by atoms with E-state index < -0.39 is 11.6 Å². The molecule has 106 valence electrons. The van der Waals surface area contributed by atoms with Gasteiger partial charge in [-0.2, -0.15) is 5.10 Å². The third-order valence-corrected chi connectivity index (χ3v) is 2.95. The number of benzene rings is 1. The van der Waals surface area contributed by atoms with E-state index in [1.54, 1.807) is 7.05 Å². The molecule has 5 heteroatoms. The SMILES string of the molecule is Cn1nc(C(=O)O)cc1-c1cccc(CC(C)(C)F)c1. The van der Waals surface area contributed by atoms with Crippen molar-refractivity contribution in [2.24, 2.45) is 7.05 Å². The first kappa shape index (κ1) is 14.2. The fourth-order valence-electron chi connectivity index (χ4n) is 2.17. The molecule has 0 aliphatic carbocycles. The van der Waals surface area contributed by atoms with Gasteiger partial charge >= 0.3 is 5.97 Å². The fourth-order valence-corrected chi connectivity index (χ4v) is 2.17. The Morgan fingerprint density at radius 2 is 2.10 bits per heavy atom. The molecule has 20 heavy (non-hydrogen) atoms. The van der Waals surface area contributed by atoms with E-state index in [1.807, 2.05) is 24.3 Å². The highest BCUT2D eigenvalue weighted by atomic mass is 19.1. The monoisotopic (exact) mass is 276 g/mol. The maximum atomic E-state index is 13.7. The Morgan fingerprint density at radius 3 is 2.65 bits per heavy atom. The van der Waals surface area contributed by atoms with Crippen LogP contribution >= 0.6 is 0 Å². The third-order valence-electron chi connectivity index (χ3n) is 2.95. The number of carbonyl (C=O) groups is 1. The molecule has 0 bridgehead atoms. The van der Waals surface area contributed by atoms with Crippen molar-refractivity contribution in [1.82, 2.24) is 9.78 Å². The average Bonchev–Trinajstić information content (AvgIpc) is 2.69. The van der Waals surface area contributed by atoms with Gasteiger partial charge in [-0.3, -0.25) is 4.68 Å². The van der Waals surface area contributed by atoms with Gasteiger partial charge < -0.3 is 5.11 Å². The first-order chi connectivity index (χ1) is 9.26. The molecule has 1 aromatic heterocycles. The van der Waals surface area contributed by atoms with Gasteiger partial charge in [-0.1, -0.05) is 18.2 Å². The standard InChI is InChI=1S/C15H17FN2O2/c1-15(2,16)9-10-5-4-6-11(7-10)13-8-12(14(19)20)17-18(13)3/h4-8H,9H2,1-3H3,(H,19,20). The summed E-state index contributed by atoms with van der Waals surface area (Å²) in [5.74, 6) is -1.06. The van der Waals surface area contributed by atoms with E-state index in [-0.39, 0.29) is 5.69 Å². The van der Waals surface area contributed by atoms with Crippen molar-refractivity contribution in [1.29, 1.82) is 0 Å². The lowest BCUT2D eigenvalue weighted by Gasteiger charge is -2.14. The summed E-state index contributed by atoms with van der Waals surface area (Å²) in [6, 6.07) is 8.94. The number of alkyl halides is 1. The van der Waals surface area contributed by atoms with E-state index in [1.165, 1.54) is 24.6 Å². The van der Waals surface area contributed by atoms with Crippen molar-refractivity contribution < 1.29 is 14.3 Å². The molecular formula is C15H17FN2O2. The van der Waals surface area contributed by atoms with Crippen LogP contribution in [0.5, 0.6) is 0 Å². The molecule has 0 unspecified atom stereocenters. The highest BCUT2D eigenvalue weighted by Crippen LogP contribution is 2.24. The van der Waals surface area contributed by atoms with Crippen LogP contribution in [0.2, 0.25) is 0 Å². The second kappa shape index (κ2) is 5.07. The molecule has 0 radical (unpaired) electrons. The molecule has 0 saturated heterocycles. The lowest BCUT2D eigenvalue weighted by atomic mass is 9.98. The molecule has 4 nitrogen and oxygen atoms in total. The van der Waals surface area contributed by atoms with Crippen LogP contribution in [0.4, 0.5) is 4.39 Å². The summed E-state index contributed by atoms with van der Waals surface area (Å²) in [6.45, 7) is 3.07. The lowest BCUT2D eigenvalue weighted by Crippen LogP contribution is -2.15. The van der Waals surface area contributed by atoms with Gasteiger partial charge in [0.05, 0.1) is 5.69 Å². The Morgan fingerprint density at radius 1 is 1.40 bits per heavy atom. The molecule has 0 fully saturated rings. The average molecular weight is 276 g/mol. The van der Waals surface area contributed by atoms with Crippen LogP contribution in [0.25, 0.3) is 11.3 Å². The van der Waals surface area contributed by atoms with E-state index in [0.717, 1.165) is 11.1 Å². The van der Waals surface area contributed by atoms with Gasteiger partial charge in [-0.25, -0.2) is 9.18 Å². The summed E-state index contributed by atoms with van der Waals surface area (Å²) in [4.78, 5) is 10.9. The number of halogens is 1. The maximum absolute atomic E-state index is 13.7. The first-order valence-electron chi connectivity index (χ1n) is 6.32. The summed E-state index contributed by atoms with van der Waals surface area (Å²) in [7, 11) is 1.69. The number of hydrogen-bond acceptors (Lipinski definition) is 2. The fraction of sp³-hybridized carbons (Fsp3) is 0.333. The van der Waals surface area contributed by atoms with Crippen LogP contribution in [-0.2, 0) is 13.5 Å². The third kappa shape index (κ3) is 3.23. The van der Waals surface area contributed by atoms with Crippen LogP contribution in [0.3, 0.4) is 0 Å². The molecule has 1 heterocycles. The molecule has 1 aromatic carbocycles. The van der Waals surface area contributed by atoms with Gasteiger partial charge in [0.15, 0.2) is 5.69 Å². The maximum Gasteiger partial charge on any atom is 0.356 e. The molecule has 0 aliphatic rings. The zero-order valence-corrected chi connectivity index (χ0v) is 11.7. The molecule has 2 rings (SSSR count).